The van der Waals surface area contributed by atoms with Crippen LogP contribution in [-0.4, -0.2) is 62.5 Å². The quantitative estimate of drug-likeness (QED) is 0.222. The smallest absolute Gasteiger partial charge is 0.414 e. The number of hydrogen-bond donors (Lipinski definition) is 1. The minimum Gasteiger partial charge on any atom is -0.414 e. The molecule has 0 spiro atoms. The maximum Gasteiger partial charge on any atom is 0.434 e. The average molecular weight is 675 g/mol. The first-order valence-corrected chi connectivity index (χ1v) is 22.0. The molecule has 5 atom stereocenters. The number of rotatable bonds is 9. The Morgan fingerprint density at radius 1 is 1.07 bits per heavy atom. The molecule has 44 heavy (non-hydrogen) atoms. The second-order valence-corrected chi connectivity index (χ2v) is 25.6. The molecule has 0 aliphatic carbocycles. The van der Waals surface area contributed by atoms with E-state index in [4.69, 9.17) is 22.6 Å². The Labute approximate surface area is 259 Å². The van der Waals surface area contributed by atoms with E-state index in [-0.39, 0.29) is 29.1 Å². The monoisotopic (exact) mass is 674 g/mol. The van der Waals surface area contributed by atoms with Crippen molar-refractivity contribution in [2.75, 3.05) is 18.3 Å². The lowest BCUT2D eigenvalue weighted by Gasteiger charge is -2.41. The number of halogens is 2. The molecule has 4 rings (SSSR count). The number of pyridine rings is 1. The van der Waals surface area contributed by atoms with Gasteiger partial charge in [0, 0.05) is 18.6 Å². The van der Waals surface area contributed by atoms with Gasteiger partial charge in [0.25, 0.3) is 0 Å². The number of ether oxygens (including phenoxy) is 1. The van der Waals surface area contributed by atoms with E-state index in [2.05, 4.69) is 35.8 Å². The van der Waals surface area contributed by atoms with Crippen LogP contribution in [0.2, 0.25) is 36.3 Å². The van der Waals surface area contributed by atoms with E-state index in [0.717, 1.165) is 10.8 Å². The Morgan fingerprint density at radius 3 is 2.25 bits per heavy atom. The fraction of sp³-hybridized carbons (Fsp3) is 0.679. The molecule has 4 heterocycles. The van der Waals surface area contributed by atoms with Crippen molar-refractivity contribution in [2.45, 2.75) is 108 Å². The summed E-state index contributed by atoms with van der Waals surface area (Å²) in [6.07, 6.45) is -1.13. The third kappa shape index (κ3) is 7.25. The van der Waals surface area contributed by atoms with E-state index in [1.165, 1.54) is 6.07 Å². The van der Waals surface area contributed by atoms with Gasteiger partial charge in [-0.2, -0.15) is 13.8 Å². The zero-order chi connectivity index (χ0) is 32.9. The Kier molecular flexibility index (Phi) is 9.60. The fourth-order valence-electron chi connectivity index (χ4n) is 4.23. The molecule has 2 aliphatic heterocycles. The maximum atomic E-state index is 16.3. The van der Waals surface area contributed by atoms with Gasteiger partial charge in [-0.3, -0.25) is 23.7 Å². The van der Waals surface area contributed by atoms with Gasteiger partial charge in [0.15, 0.2) is 16.6 Å². The summed E-state index contributed by atoms with van der Waals surface area (Å²) in [6, 6.07) is 4.66. The molecule has 2 fully saturated rings. The summed E-state index contributed by atoms with van der Waals surface area (Å²) in [5, 5.41) is 2.02. The molecule has 2 aliphatic rings. The first-order chi connectivity index (χ1) is 20.1. The number of aromatic nitrogens is 3. The van der Waals surface area contributed by atoms with Crippen molar-refractivity contribution in [3.05, 3.63) is 52.8 Å². The second-order valence-electron chi connectivity index (χ2n) is 14.4. The maximum absolute atomic E-state index is 16.3. The molecule has 1 N–H and O–H groups in total. The van der Waals surface area contributed by atoms with E-state index < -0.39 is 60.5 Å². The lowest BCUT2D eigenvalue weighted by Crippen LogP contribution is -2.53. The number of nitrogens with one attached hydrogen (secondary N) is 1. The van der Waals surface area contributed by atoms with Crippen molar-refractivity contribution in [1.82, 2.24) is 14.5 Å². The van der Waals surface area contributed by atoms with Crippen molar-refractivity contribution in [3.63, 3.8) is 0 Å². The predicted molar refractivity (Wildman–Crippen MR) is 168 cm³/mol. The molecule has 0 aromatic carbocycles. The zero-order valence-corrected chi connectivity index (χ0v) is 30.0. The van der Waals surface area contributed by atoms with Crippen molar-refractivity contribution < 1.29 is 36.0 Å². The third-order valence-electron chi connectivity index (χ3n) is 9.07. The van der Waals surface area contributed by atoms with Gasteiger partial charge in [0.05, 0.1) is 13.2 Å². The lowest BCUT2D eigenvalue weighted by atomic mass is 10.1. The van der Waals surface area contributed by atoms with Gasteiger partial charge >= 0.3 is 19.4 Å². The highest BCUT2D eigenvalue weighted by Crippen LogP contribution is 2.57. The van der Waals surface area contributed by atoms with Gasteiger partial charge in [-0.05, 0) is 60.0 Å². The number of hydrogen-bond acceptors (Lipinski definition) is 9. The molecular weight excluding hydrogens is 629 g/mol. The Morgan fingerprint density at radius 2 is 1.68 bits per heavy atom. The molecule has 2 saturated heterocycles. The van der Waals surface area contributed by atoms with Crippen LogP contribution in [0, 0.1) is 0 Å². The summed E-state index contributed by atoms with van der Waals surface area (Å²) < 4.78 is 75.9. The zero-order valence-electron chi connectivity index (χ0n) is 27.1. The van der Waals surface area contributed by atoms with Crippen molar-refractivity contribution >= 4 is 30.2 Å². The van der Waals surface area contributed by atoms with Crippen LogP contribution in [0.1, 0.15) is 59.4 Å². The normalized spacial score (nSPS) is 27.9. The van der Waals surface area contributed by atoms with E-state index in [0.29, 0.717) is 5.56 Å². The largest absolute Gasteiger partial charge is 0.434 e. The topological polar surface area (TPSA) is 123 Å². The first-order valence-electron chi connectivity index (χ1n) is 14.6. The van der Waals surface area contributed by atoms with Crippen molar-refractivity contribution in [1.29, 1.82) is 0 Å². The Balaban J connectivity index is 1.58. The standard InChI is InChI=1S/C28H45F2N4O7PSi2/c1-26(2,3)43(7,8)38-18-21-23(41-44(9,10)27(4,5)6)28(29,30)24(39-21)34-16-13-22(32-25(34)35)33-42(36)37-17-20(40-42)19-11-14-31-15-12-19/h11-16,20-21,23-24H,17-18H2,1-10H3,(H,32,33,35,36)/t20?,21-,23-,24-,42?/m1/s1. The summed E-state index contributed by atoms with van der Waals surface area (Å²) in [6.45, 7) is 19.8. The Bertz CT molecular complexity index is 1430. The molecule has 2 aromatic rings. The minimum absolute atomic E-state index is 0.00143. The molecule has 16 heteroatoms. The van der Waals surface area contributed by atoms with Crippen molar-refractivity contribution in [3.8, 4) is 0 Å². The van der Waals surface area contributed by atoms with Crippen LogP contribution < -0.4 is 10.8 Å². The number of nitrogens with zero attached hydrogens (tertiary/aromatic N) is 3. The predicted octanol–water partition coefficient (Wildman–Crippen LogP) is 6.89. The van der Waals surface area contributed by atoms with E-state index in [1.54, 1.807) is 24.5 Å². The van der Waals surface area contributed by atoms with E-state index >= 15 is 8.78 Å². The molecule has 0 saturated carbocycles. The molecule has 246 valence electrons. The fourth-order valence-corrected chi connectivity index (χ4v) is 7.97. The molecule has 0 amide bonds. The number of alkyl halides is 2. The molecule has 0 bridgehead atoms. The van der Waals surface area contributed by atoms with Crippen LogP contribution in [0.15, 0.2) is 41.6 Å². The SMILES string of the molecule is CC(C)(C)[Si](C)(C)OC[C@H]1O[C@@H](n2ccc(NP3(=O)OCC(c4ccncc4)O3)nc2=O)C(F)(F)[C@@H]1O[Si](C)(C)C(C)(C)C. The summed E-state index contributed by atoms with van der Waals surface area (Å²) >= 11 is 0. The third-order valence-corrected chi connectivity index (χ3v) is 19.5. The molecule has 2 aromatic heterocycles. The Hall–Kier alpha value is -1.85. The minimum atomic E-state index is -3.89. The van der Waals surface area contributed by atoms with Gasteiger partial charge in [0.2, 0.25) is 6.23 Å². The summed E-state index contributed by atoms with van der Waals surface area (Å²) in [5.41, 5.74) is -0.321. The van der Waals surface area contributed by atoms with Gasteiger partial charge in [0.1, 0.15) is 24.1 Å². The van der Waals surface area contributed by atoms with Crippen LogP contribution >= 0.6 is 7.75 Å². The van der Waals surface area contributed by atoms with Gasteiger partial charge in [-0.1, -0.05) is 41.5 Å². The van der Waals surface area contributed by atoms with Crippen LogP contribution in [0.3, 0.4) is 0 Å². The van der Waals surface area contributed by atoms with Gasteiger partial charge in [-0.15, -0.1) is 0 Å². The molecular formula is C28H45F2N4O7PSi2. The number of anilines is 1. The lowest BCUT2D eigenvalue weighted by molar-refractivity contribution is -0.138. The van der Waals surface area contributed by atoms with E-state index in [9.17, 15) is 9.36 Å². The van der Waals surface area contributed by atoms with Gasteiger partial charge < -0.3 is 13.6 Å². The molecule has 11 nitrogen and oxygen atoms in total. The first kappa shape index (κ1) is 35.0. The molecule has 2 unspecified atom stereocenters. The highest BCUT2D eigenvalue weighted by molar-refractivity contribution is 7.55. The van der Waals surface area contributed by atoms with Crippen molar-refractivity contribution in [2.24, 2.45) is 0 Å². The highest BCUT2D eigenvalue weighted by atomic mass is 31.2. The average Bonchev–Trinajstić information content (AvgIpc) is 3.39. The van der Waals surface area contributed by atoms with E-state index in [1.807, 2.05) is 47.0 Å². The summed E-state index contributed by atoms with van der Waals surface area (Å²) in [5.74, 6) is -3.75. The second kappa shape index (κ2) is 12.1. The molecule has 0 radical (unpaired) electrons. The van der Waals surface area contributed by atoms with Gasteiger partial charge in [-0.25, -0.2) is 9.36 Å². The van der Waals surface area contributed by atoms with Crippen LogP contribution in [0.25, 0.3) is 0 Å². The van der Waals surface area contributed by atoms with Crippen LogP contribution in [0.5, 0.6) is 0 Å². The van der Waals surface area contributed by atoms with Crippen LogP contribution in [0.4, 0.5) is 14.6 Å². The van der Waals surface area contributed by atoms with Crippen LogP contribution in [-0.2, 0) is 27.2 Å². The highest BCUT2D eigenvalue weighted by Gasteiger charge is 2.63. The summed E-state index contributed by atoms with van der Waals surface area (Å²) in [4.78, 5) is 21.0. The summed E-state index contributed by atoms with van der Waals surface area (Å²) in [7, 11) is -8.92.